The van der Waals surface area contributed by atoms with Gasteiger partial charge in [0.1, 0.15) is 11.3 Å². The third-order valence-corrected chi connectivity index (χ3v) is 4.83. The first-order valence-electron chi connectivity index (χ1n) is 7.89. The van der Waals surface area contributed by atoms with E-state index in [4.69, 9.17) is 9.47 Å². The third kappa shape index (κ3) is 3.37. The molecule has 6 nitrogen and oxygen atoms in total. The number of para-hydroxylation sites is 1. The van der Waals surface area contributed by atoms with Crippen LogP contribution in [0.15, 0.2) is 42.5 Å². The van der Waals surface area contributed by atoms with Crippen molar-refractivity contribution in [3.05, 3.63) is 68.9 Å². The molecule has 0 aliphatic carbocycles. The van der Waals surface area contributed by atoms with E-state index in [2.05, 4.69) is 5.10 Å². The Balaban J connectivity index is 2.45. The van der Waals surface area contributed by atoms with Crippen LogP contribution in [-0.4, -0.2) is 35.9 Å². The summed E-state index contributed by atoms with van der Waals surface area (Å²) in [5, 5.41) is 4.26. The van der Waals surface area contributed by atoms with Crippen molar-refractivity contribution in [3.8, 4) is 16.9 Å². The monoisotopic (exact) mass is 498 g/mol. The molecule has 3 rings (SSSR count). The summed E-state index contributed by atoms with van der Waals surface area (Å²) in [6.07, 6.45) is 0. The first-order chi connectivity index (χ1) is 13.4. The fourth-order valence-electron chi connectivity index (χ4n) is 2.67. The second kappa shape index (κ2) is 8.05. The molecule has 3 aromatic rings. The third-order valence-electron chi connectivity index (χ3n) is 3.94. The van der Waals surface area contributed by atoms with Crippen LogP contribution < -0.4 is 0 Å². The molecule has 0 atom stereocenters. The van der Waals surface area contributed by atoms with Gasteiger partial charge in [-0.3, -0.25) is 0 Å². The standard InChI is InChI=1S/C19H13F2IN2O4/c1-27-18(25)14-16(13-12(22)9-8-11(20)15(13)21)23-24(17(14)19(26)28-2)10-6-4-3-5-7-10/h3-9H,1-2H3. The maximum absolute atomic E-state index is 14.6. The lowest BCUT2D eigenvalue weighted by atomic mass is 10.0. The van der Waals surface area contributed by atoms with Crippen LogP contribution in [0, 0.1) is 15.2 Å². The molecule has 28 heavy (non-hydrogen) atoms. The van der Waals surface area contributed by atoms with Gasteiger partial charge in [0.2, 0.25) is 0 Å². The Morgan fingerprint density at radius 2 is 1.64 bits per heavy atom. The van der Waals surface area contributed by atoms with E-state index in [9.17, 15) is 18.4 Å². The summed E-state index contributed by atoms with van der Waals surface area (Å²) in [5.41, 5.74) is -0.625. The smallest absolute Gasteiger partial charge is 0.357 e. The Kier molecular flexibility index (Phi) is 5.73. The Bertz CT molecular complexity index is 1070. The van der Waals surface area contributed by atoms with E-state index in [-0.39, 0.29) is 22.5 Å². The molecule has 0 aliphatic heterocycles. The maximum atomic E-state index is 14.6. The molecular formula is C19H13F2IN2O4. The molecule has 0 N–H and O–H groups in total. The number of rotatable bonds is 4. The summed E-state index contributed by atoms with van der Waals surface area (Å²) >= 11 is 1.80. The molecule has 144 valence electrons. The number of nitrogens with zero attached hydrogens (tertiary/aromatic N) is 2. The van der Waals surface area contributed by atoms with Crippen LogP contribution in [0.1, 0.15) is 20.8 Å². The molecule has 0 fully saturated rings. The van der Waals surface area contributed by atoms with Crippen LogP contribution in [0.3, 0.4) is 0 Å². The summed E-state index contributed by atoms with van der Waals surface area (Å²) in [4.78, 5) is 25.0. The van der Waals surface area contributed by atoms with Crippen molar-refractivity contribution >= 4 is 34.5 Å². The molecule has 0 bridgehead atoms. The quantitative estimate of drug-likeness (QED) is 0.309. The zero-order valence-electron chi connectivity index (χ0n) is 14.7. The van der Waals surface area contributed by atoms with E-state index in [1.165, 1.54) is 6.07 Å². The van der Waals surface area contributed by atoms with Gasteiger partial charge in [0.15, 0.2) is 17.3 Å². The Hall–Kier alpha value is -2.82. The van der Waals surface area contributed by atoms with Crippen LogP contribution in [0.4, 0.5) is 8.78 Å². The first-order valence-corrected chi connectivity index (χ1v) is 8.97. The highest BCUT2D eigenvalue weighted by atomic mass is 127. The van der Waals surface area contributed by atoms with Crippen molar-refractivity contribution in [2.75, 3.05) is 14.2 Å². The average Bonchev–Trinajstić information content (AvgIpc) is 3.10. The van der Waals surface area contributed by atoms with Crippen LogP contribution in [0.2, 0.25) is 0 Å². The highest BCUT2D eigenvalue weighted by Crippen LogP contribution is 2.34. The molecule has 1 heterocycles. The van der Waals surface area contributed by atoms with Crippen molar-refractivity contribution in [2.24, 2.45) is 0 Å². The van der Waals surface area contributed by atoms with Gasteiger partial charge in [0, 0.05) is 3.57 Å². The molecule has 1 aromatic heterocycles. The number of esters is 2. The van der Waals surface area contributed by atoms with E-state index in [0.29, 0.717) is 9.26 Å². The van der Waals surface area contributed by atoms with Gasteiger partial charge in [-0.1, -0.05) is 18.2 Å². The molecule has 9 heteroatoms. The summed E-state index contributed by atoms with van der Waals surface area (Å²) < 4.78 is 39.5. The number of hydrogen-bond acceptors (Lipinski definition) is 5. The van der Waals surface area contributed by atoms with Gasteiger partial charge >= 0.3 is 11.9 Å². The number of benzene rings is 2. The van der Waals surface area contributed by atoms with Gasteiger partial charge in [0.25, 0.3) is 0 Å². The lowest BCUT2D eigenvalue weighted by Crippen LogP contribution is -2.15. The minimum absolute atomic E-state index is 0.225. The predicted octanol–water partition coefficient (Wildman–Crippen LogP) is 4.00. The Morgan fingerprint density at radius 3 is 2.25 bits per heavy atom. The van der Waals surface area contributed by atoms with Crippen LogP contribution in [0.25, 0.3) is 16.9 Å². The molecule has 0 radical (unpaired) electrons. The van der Waals surface area contributed by atoms with E-state index in [1.807, 2.05) is 0 Å². The van der Waals surface area contributed by atoms with Gasteiger partial charge in [-0.2, -0.15) is 5.10 Å². The number of hydrogen-bond donors (Lipinski definition) is 0. The Labute approximate surface area is 172 Å². The lowest BCUT2D eigenvalue weighted by molar-refractivity contribution is 0.0549. The molecule has 2 aromatic carbocycles. The lowest BCUT2D eigenvalue weighted by Gasteiger charge is -2.07. The van der Waals surface area contributed by atoms with Crippen LogP contribution in [0.5, 0.6) is 0 Å². The Morgan fingerprint density at radius 1 is 1.00 bits per heavy atom. The number of ether oxygens (including phenoxy) is 2. The normalized spacial score (nSPS) is 10.6. The first kappa shape index (κ1) is 19.9. The van der Waals surface area contributed by atoms with Crippen molar-refractivity contribution in [1.82, 2.24) is 9.78 Å². The molecule has 0 spiro atoms. The summed E-state index contributed by atoms with van der Waals surface area (Å²) in [6, 6.07) is 10.7. The fraction of sp³-hybridized carbons (Fsp3) is 0.105. The molecule has 0 saturated carbocycles. The van der Waals surface area contributed by atoms with E-state index >= 15 is 0 Å². The summed E-state index contributed by atoms with van der Waals surface area (Å²) in [7, 11) is 2.25. The van der Waals surface area contributed by atoms with E-state index in [0.717, 1.165) is 25.0 Å². The second-order valence-corrected chi connectivity index (χ2v) is 6.68. The van der Waals surface area contributed by atoms with Crippen LogP contribution in [-0.2, 0) is 9.47 Å². The second-order valence-electron chi connectivity index (χ2n) is 5.52. The predicted molar refractivity (Wildman–Crippen MR) is 104 cm³/mol. The van der Waals surface area contributed by atoms with Crippen molar-refractivity contribution in [2.45, 2.75) is 0 Å². The number of carbonyl (C=O) groups excluding carboxylic acids is 2. The van der Waals surface area contributed by atoms with Gasteiger partial charge in [-0.05, 0) is 46.9 Å². The van der Waals surface area contributed by atoms with Gasteiger partial charge in [0.05, 0.1) is 25.5 Å². The van der Waals surface area contributed by atoms with Crippen molar-refractivity contribution in [3.63, 3.8) is 0 Å². The SMILES string of the molecule is COC(=O)c1c(-c2c(I)ccc(F)c2F)nn(-c2ccccc2)c1C(=O)OC. The zero-order chi connectivity index (χ0) is 20.4. The summed E-state index contributed by atoms with van der Waals surface area (Å²) in [5.74, 6) is -4.11. The average molecular weight is 498 g/mol. The van der Waals surface area contributed by atoms with Gasteiger partial charge < -0.3 is 9.47 Å². The largest absolute Gasteiger partial charge is 0.465 e. The molecule has 0 amide bonds. The number of halogens is 3. The van der Waals surface area contributed by atoms with E-state index < -0.39 is 23.6 Å². The summed E-state index contributed by atoms with van der Waals surface area (Å²) in [6.45, 7) is 0. The van der Waals surface area contributed by atoms with Gasteiger partial charge in [-0.15, -0.1) is 0 Å². The minimum atomic E-state index is -1.19. The number of carbonyl (C=O) groups is 2. The highest BCUT2D eigenvalue weighted by molar-refractivity contribution is 14.1. The highest BCUT2D eigenvalue weighted by Gasteiger charge is 2.33. The molecule has 0 saturated heterocycles. The van der Waals surface area contributed by atoms with Crippen molar-refractivity contribution < 1.29 is 27.8 Å². The molecule has 0 unspecified atom stereocenters. The van der Waals surface area contributed by atoms with Gasteiger partial charge in [-0.25, -0.2) is 23.1 Å². The molecule has 0 aliphatic rings. The maximum Gasteiger partial charge on any atom is 0.357 e. The van der Waals surface area contributed by atoms with Crippen LogP contribution >= 0.6 is 22.6 Å². The molecular weight excluding hydrogens is 485 g/mol. The number of aromatic nitrogens is 2. The minimum Gasteiger partial charge on any atom is -0.465 e. The fourth-order valence-corrected chi connectivity index (χ4v) is 3.35. The topological polar surface area (TPSA) is 70.4 Å². The van der Waals surface area contributed by atoms with Crippen molar-refractivity contribution in [1.29, 1.82) is 0 Å². The van der Waals surface area contributed by atoms with E-state index in [1.54, 1.807) is 52.9 Å². The zero-order valence-corrected chi connectivity index (χ0v) is 16.9. The number of methoxy groups -OCH3 is 2.